The minimum Gasteiger partial charge on any atom is -0.326 e. The number of aromatic nitrogens is 2. The number of alkyl halides is 3. The molecule has 0 atom stereocenters. The van der Waals surface area contributed by atoms with Gasteiger partial charge in [0.05, 0.1) is 16.6 Å². The van der Waals surface area contributed by atoms with E-state index in [9.17, 15) is 13.2 Å². The van der Waals surface area contributed by atoms with Gasteiger partial charge in [-0.05, 0) is 92.7 Å². The standard InChI is InChI=1S/C31H44F3N5/c1-23(2)20-38(21-24(3)4)22-25-9-14-28-29(19-25)39(18-8-17-37-15-6-5-7-16-37)30(36-28)35-27-12-10-26(11-13-27)31(32,33)34/h9-14,19,23-24H,5-8,15-18,20-22H2,1-4H3,(H,35,36). The van der Waals surface area contributed by atoms with E-state index in [1.54, 1.807) is 0 Å². The number of hydrogen-bond acceptors (Lipinski definition) is 4. The summed E-state index contributed by atoms with van der Waals surface area (Å²) in [4.78, 5) is 9.92. The lowest BCUT2D eigenvalue weighted by Gasteiger charge is -2.26. The van der Waals surface area contributed by atoms with Gasteiger partial charge in [-0.2, -0.15) is 13.2 Å². The number of likely N-dealkylation sites (tertiary alicyclic amines) is 1. The number of aryl methyl sites for hydroxylation is 1. The Kier molecular flexibility index (Phi) is 9.94. The molecule has 0 spiro atoms. The van der Waals surface area contributed by atoms with Gasteiger partial charge in [0.2, 0.25) is 5.95 Å². The van der Waals surface area contributed by atoms with E-state index in [2.05, 4.69) is 65.6 Å². The van der Waals surface area contributed by atoms with Gasteiger partial charge in [-0.1, -0.05) is 40.2 Å². The molecule has 2 aromatic carbocycles. The highest BCUT2D eigenvalue weighted by molar-refractivity contribution is 5.80. The van der Waals surface area contributed by atoms with Crippen molar-refractivity contribution in [1.29, 1.82) is 0 Å². The number of piperidine rings is 1. The van der Waals surface area contributed by atoms with E-state index in [1.807, 2.05) is 0 Å². The second-order valence-electron chi connectivity index (χ2n) is 11.8. The van der Waals surface area contributed by atoms with Gasteiger partial charge < -0.3 is 14.8 Å². The van der Waals surface area contributed by atoms with Crippen LogP contribution >= 0.6 is 0 Å². The normalized spacial score (nSPS) is 15.2. The molecule has 1 aromatic heterocycles. The summed E-state index contributed by atoms with van der Waals surface area (Å²) >= 11 is 0. The summed E-state index contributed by atoms with van der Waals surface area (Å²) in [5.41, 5.74) is 3.15. The van der Waals surface area contributed by atoms with Crippen LogP contribution in [0.2, 0.25) is 0 Å². The topological polar surface area (TPSA) is 36.3 Å². The van der Waals surface area contributed by atoms with Crippen LogP contribution in [0.25, 0.3) is 11.0 Å². The highest BCUT2D eigenvalue weighted by Crippen LogP contribution is 2.31. The third kappa shape index (κ3) is 8.45. The number of hydrogen-bond donors (Lipinski definition) is 1. The van der Waals surface area contributed by atoms with Crippen LogP contribution in [0, 0.1) is 11.8 Å². The average molecular weight is 544 g/mol. The first-order chi connectivity index (χ1) is 18.6. The van der Waals surface area contributed by atoms with Crippen LogP contribution in [0.4, 0.5) is 24.8 Å². The van der Waals surface area contributed by atoms with Gasteiger partial charge >= 0.3 is 6.18 Å². The molecule has 0 aliphatic carbocycles. The summed E-state index contributed by atoms with van der Waals surface area (Å²) in [5, 5.41) is 3.30. The monoisotopic (exact) mass is 543 g/mol. The quantitative estimate of drug-likeness (QED) is 0.253. The Balaban J connectivity index is 1.59. The van der Waals surface area contributed by atoms with Crippen LogP contribution in [0.15, 0.2) is 42.5 Å². The fraction of sp³-hybridized carbons (Fsp3) is 0.581. The van der Waals surface area contributed by atoms with Gasteiger partial charge in [-0.15, -0.1) is 0 Å². The van der Waals surface area contributed by atoms with E-state index in [4.69, 9.17) is 4.98 Å². The highest BCUT2D eigenvalue weighted by Gasteiger charge is 2.30. The molecule has 1 aliphatic heterocycles. The zero-order chi connectivity index (χ0) is 28.0. The lowest BCUT2D eigenvalue weighted by atomic mass is 10.1. The summed E-state index contributed by atoms with van der Waals surface area (Å²) in [5.74, 6) is 1.85. The van der Waals surface area contributed by atoms with Crippen LogP contribution in [0.3, 0.4) is 0 Å². The van der Waals surface area contributed by atoms with E-state index >= 15 is 0 Å². The molecule has 0 radical (unpaired) electrons. The number of imidazole rings is 1. The van der Waals surface area contributed by atoms with Gasteiger partial charge in [0.25, 0.3) is 0 Å². The highest BCUT2D eigenvalue weighted by atomic mass is 19.4. The van der Waals surface area contributed by atoms with E-state index in [1.165, 1.54) is 37.0 Å². The van der Waals surface area contributed by atoms with Gasteiger partial charge in [0.1, 0.15) is 0 Å². The Bertz CT molecular complexity index is 1170. The van der Waals surface area contributed by atoms with Crippen LogP contribution in [0.1, 0.15) is 64.5 Å². The number of nitrogens with one attached hydrogen (secondary N) is 1. The Morgan fingerprint density at radius 1 is 0.897 bits per heavy atom. The number of rotatable bonds is 12. The largest absolute Gasteiger partial charge is 0.416 e. The zero-order valence-corrected chi connectivity index (χ0v) is 23.9. The molecule has 0 saturated carbocycles. The maximum atomic E-state index is 13.1. The summed E-state index contributed by atoms with van der Waals surface area (Å²) in [6, 6.07) is 11.6. The van der Waals surface area contributed by atoms with Crippen molar-refractivity contribution in [2.24, 2.45) is 11.8 Å². The molecular weight excluding hydrogens is 499 g/mol. The zero-order valence-electron chi connectivity index (χ0n) is 23.9. The van der Waals surface area contributed by atoms with Gasteiger partial charge in [-0.25, -0.2) is 4.98 Å². The molecule has 39 heavy (non-hydrogen) atoms. The van der Waals surface area contributed by atoms with Crippen molar-refractivity contribution >= 4 is 22.7 Å². The molecule has 3 aromatic rings. The van der Waals surface area contributed by atoms with Gasteiger partial charge in [-0.3, -0.25) is 4.90 Å². The van der Waals surface area contributed by atoms with Crippen molar-refractivity contribution in [3.63, 3.8) is 0 Å². The number of fused-ring (bicyclic) bond motifs is 1. The Morgan fingerprint density at radius 3 is 2.18 bits per heavy atom. The third-order valence-electron chi connectivity index (χ3n) is 7.24. The Hall–Kier alpha value is -2.58. The lowest BCUT2D eigenvalue weighted by Crippen LogP contribution is -2.31. The summed E-state index contributed by atoms with van der Waals surface area (Å²) in [6.45, 7) is 16.2. The van der Waals surface area contributed by atoms with Crippen LogP contribution in [-0.4, -0.2) is 52.1 Å². The van der Waals surface area contributed by atoms with Crippen molar-refractivity contribution in [3.8, 4) is 0 Å². The Labute approximate surface area is 231 Å². The maximum Gasteiger partial charge on any atom is 0.416 e. The minimum atomic E-state index is -4.35. The summed E-state index contributed by atoms with van der Waals surface area (Å²) in [7, 11) is 0. The molecule has 5 nitrogen and oxygen atoms in total. The van der Waals surface area contributed by atoms with Crippen molar-refractivity contribution in [2.45, 2.75) is 72.6 Å². The smallest absolute Gasteiger partial charge is 0.326 e. The molecule has 214 valence electrons. The fourth-order valence-corrected chi connectivity index (χ4v) is 5.59. The average Bonchev–Trinajstić information content (AvgIpc) is 3.20. The molecule has 1 saturated heterocycles. The first-order valence-corrected chi connectivity index (χ1v) is 14.5. The fourth-order valence-electron chi connectivity index (χ4n) is 5.59. The van der Waals surface area contributed by atoms with Crippen molar-refractivity contribution in [3.05, 3.63) is 53.6 Å². The van der Waals surface area contributed by atoms with Crippen LogP contribution < -0.4 is 5.32 Å². The molecule has 1 N–H and O–H groups in total. The van der Waals surface area contributed by atoms with Crippen LogP contribution in [0.5, 0.6) is 0 Å². The maximum absolute atomic E-state index is 13.1. The van der Waals surface area contributed by atoms with Crippen molar-refractivity contribution in [2.75, 3.05) is 38.0 Å². The summed E-state index contributed by atoms with van der Waals surface area (Å²) in [6.07, 6.45) is 0.486. The van der Waals surface area contributed by atoms with Gasteiger partial charge in [0.15, 0.2) is 0 Å². The van der Waals surface area contributed by atoms with E-state index < -0.39 is 11.7 Å². The predicted molar refractivity (Wildman–Crippen MR) is 154 cm³/mol. The number of benzene rings is 2. The first-order valence-electron chi connectivity index (χ1n) is 14.5. The van der Waals surface area contributed by atoms with Crippen molar-refractivity contribution in [1.82, 2.24) is 19.4 Å². The number of nitrogens with zero attached hydrogens (tertiary/aromatic N) is 4. The molecule has 2 heterocycles. The first kappa shape index (κ1) is 29.4. The Morgan fingerprint density at radius 2 is 1.56 bits per heavy atom. The predicted octanol–water partition coefficient (Wildman–Crippen LogP) is 7.79. The second kappa shape index (κ2) is 13.2. The minimum absolute atomic E-state index is 0.590. The van der Waals surface area contributed by atoms with E-state index in [0.717, 1.165) is 75.4 Å². The summed E-state index contributed by atoms with van der Waals surface area (Å²) < 4.78 is 41.4. The molecule has 0 bridgehead atoms. The number of halogens is 3. The van der Waals surface area contributed by atoms with Crippen molar-refractivity contribution < 1.29 is 13.2 Å². The second-order valence-corrected chi connectivity index (χ2v) is 11.8. The molecule has 1 aliphatic rings. The van der Waals surface area contributed by atoms with E-state index in [0.29, 0.717) is 23.5 Å². The molecular formula is C31H44F3N5. The van der Waals surface area contributed by atoms with E-state index in [-0.39, 0.29) is 0 Å². The number of anilines is 2. The van der Waals surface area contributed by atoms with Gasteiger partial charge in [0, 0.05) is 31.9 Å². The third-order valence-corrected chi connectivity index (χ3v) is 7.24. The lowest BCUT2D eigenvalue weighted by molar-refractivity contribution is -0.137. The molecule has 1 fully saturated rings. The van der Waals surface area contributed by atoms with Crippen LogP contribution in [-0.2, 0) is 19.3 Å². The molecule has 0 unspecified atom stereocenters. The molecule has 0 amide bonds. The molecule has 4 rings (SSSR count). The molecule has 8 heteroatoms. The SMILES string of the molecule is CC(C)CN(Cc1ccc2nc(Nc3ccc(C(F)(F)F)cc3)n(CCCN3CCCCC3)c2c1)CC(C)C.